The maximum atomic E-state index is 12.8. The molecule has 0 bridgehead atoms. The van der Waals surface area contributed by atoms with Crippen molar-refractivity contribution in [1.82, 2.24) is 9.80 Å². The zero-order valence-corrected chi connectivity index (χ0v) is 11.7. The van der Waals surface area contributed by atoms with Crippen LogP contribution < -0.4 is 0 Å². The standard InChI is InChI=1S/C14H17F3N2O2.Li.H/c1-18-2-4-19(5-3-18)9-10-6-11(13(20)21)8-12(7-10)14(15,16)17;;/h6-8H,2-5,9H2,1H3,(H,20,21);;. The summed E-state index contributed by atoms with van der Waals surface area (Å²) in [5.41, 5.74) is -0.854. The van der Waals surface area contributed by atoms with Gasteiger partial charge in [-0.15, -0.1) is 0 Å². The second kappa shape index (κ2) is 7.51. The molecule has 118 valence electrons. The van der Waals surface area contributed by atoms with Crippen molar-refractivity contribution in [2.75, 3.05) is 33.2 Å². The molecule has 0 aromatic heterocycles. The minimum atomic E-state index is -4.54. The van der Waals surface area contributed by atoms with Crippen molar-refractivity contribution >= 4 is 24.8 Å². The summed E-state index contributed by atoms with van der Waals surface area (Å²) in [6.45, 7) is 3.55. The Morgan fingerprint density at radius 1 is 1.18 bits per heavy atom. The van der Waals surface area contributed by atoms with Crippen molar-refractivity contribution in [1.29, 1.82) is 0 Å². The molecule has 0 unspecified atom stereocenters. The van der Waals surface area contributed by atoms with Crippen molar-refractivity contribution in [2.24, 2.45) is 0 Å². The number of carboxylic acid groups (broad SMARTS) is 1. The topological polar surface area (TPSA) is 43.8 Å². The Morgan fingerprint density at radius 2 is 1.77 bits per heavy atom. The van der Waals surface area contributed by atoms with E-state index in [1.165, 1.54) is 6.07 Å². The summed E-state index contributed by atoms with van der Waals surface area (Å²) in [6.07, 6.45) is -4.54. The molecule has 0 aliphatic carbocycles. The Bertz CT molecular complexity index is 529. The molecule has 0 amide bonds. The summed E-state index contributed by atoms with van der Waals surface area (Å²) in [7, 11) is 1.99. The molecule has 1 N–H and O–H groups in total. The average Bonchev–Trinajstić information content (AvgIpc) is 2.40. The molecule has 0 spiro atoms. The van der Waals surface area contributed by atoms with E-state index in [1.807, 2.05) is 11.9 Å². The number of alkyl halides is 3. The number of piperazine rings is 1. The maximum absolute atomic E-state index is 12.8. The van der Waals surface area contributed by atoms with Gasteiger partial charge in [-0.2, -0.15) is 13.2 Å². The van der Waals surface area contributed by atoms with Crippen molar-refractivity contribution in [3.8, 4) is 0 Å². The second-order valence-corrected chi connectivity index (χ2v) is 5.30. The first-order valence-electron chi connectivity index (χ1n) is 6.61. The molecule has 1 saturated heterocycles. The van der Waals surface area contributed by atoms with E-state index in [0.29, 0.717) is 18.2 Å². The first-order chi connectivity index (χ1) is 9.75. The number of hydrogen-bond donors (Lipinski definition) is 1. The van der Waals surface area contributed by atoms with Gasteiger partial charge in [-0.25, -0.2) is 4.79 Å². The first kappa shape index (κ1) is 19.0. The molecule has 1 aromatic carbocycles. The third kappa shape index (κ3) is 5.02. The van der Waals surface area contributed by atoms with Crippen LogP contribution in [0.1, 0.15) is 21.5 Å². The van der Waals surface area contributed by atoms with Crippen LogP contribution in [0.15, 0.2) is 18.2 Å². The summed E-state index contributed by atoms with van der Waals surface area (Å²) in [4.78, 5) is 15.2. The molecule has 8 heteroatoms. The van der Waals surface area contributed by atoms with Crippen LogP contribution in [0, 0.1) is 0 Å². The minimum absolute atomic E-state index is 0. The monoisotopic (exact) mass is 310 g/mol. The van der Waals surface area contributed by atoms with Crippen molar-refractivity contribution in [3.05, 3.63) is 34.9 Å². The zero-order valence-electron chi connectivity index (χ0n) is 11.7. The first-order valence-corrected chi connectivity index (χ1v) is 6.61. The van der Waals surface area contributed by atoms with Gasteiger partial charge in [0.15, 0.2) is 0 Å². The molecule has 1 aromatic rings. The fourth-order valence-corrected chi connectivity index (χ4v) is 2.33. The number of halogens is 3. The van der Waals surface area contributed by atoms with E-state index >= 15 is 0 Å². The molecule has 0 saturated carbocycles. The van der Waals surface area contributed by atoms with Crippen LogP contribution in [0.5, 0.6) is 0 Å². The van der Waals surface area contributed by atoms with Gasteiger partial charge in [0, 0.05) is 32.7 Å². The van der Waals surface area contributed by atoms with Crippen LogP contribution in [0.3, 0.4) is 0 Å². The molecule has 2 rings (SSSR count). The molecule has 22 heavy (non-hydrogen) atoms. The predicted octanol–water partition coefficient (Wildman–Crippen LogP) is 1.50. The van der Waals surface area contributed by atoms with Crippen LogP contribution in [0.25, 0.3) is 0 Å². The number of hydrogen-bond acceptors (Lipinski definition) is 3. The number of benzene rings is 1. The number of aromatic carboxylic acids is 1. The van der Waals surface area contributed by atoms with Crippen LogP contribution in [0.4, 0.5) is 13.2 Å². The van der Waals surface area contributed by atoms with Gasteiger partial charge in [0.05, 0.1) is 11.1 Å². The molecule has 1 aliphatic rings. The van der Waals surface area contributed by atoms with Crippen LogP contribution >= 0.6 is 0 Å². The molecule has 1 aliphatic heterocycles. The van der Waals surface area contributed by atoms with E-state index in [-0.39, 0.29) is 24.4 Å². The Kier molecular flexibility index (Phi) is 6.50. The van der Waals surface area contributed by atoms with E-state index in [0.717, 1.165) is 32.2 Å². The van der Waals surface area contributed by atoms with Gasteiger partial charge in [-0.1, -0.05) is 0 Å². The van der Waals surface area contributed by atoms with Crippen LogP contribution in [0.2, 0.25) is 0 Å². The Morgan fingerprint density at radius 3 is 2.27 bits per heavy atom. The normalized spacial score (nSPS) is 17.1. The van der Waals surface area contributed by atoms with Gasteiger partial charge in [0.25, 0.3) is 0 Å². The third-order valence-corrected chi connectivity index (χ3v) is 3.57. The zero-order chi connectivity index (χ0) is 15.6. The molecule has 1 fully saturated rings. The number of likely N-dealkylation sites (N-methyl/N-ethyl adjacent to an activating group) is 1. The fraction of sp³-hybridized carbons (Fsp3) is 0.500. The molecule has 1 heterocycles. The van der Waals surface area contributed by atoms with Crippen molar-refractivity contribution < 1.29 is 23.1 Å². The van der Waals surface area contributed by atoms with Gasteiger partial charge in [0.2, 0.25) is 0 Å². The molecular weight excluding hydrogens is 292 g/mol. The van der Waals surface area contributed by atoms with Crippen LogP contribution in [-0.2, 0) is 12.7 Å². The Labute approximate surface area is 139 Å². The molecular formula is C14H18F3LiN2O2. The van der Waals surface area contributed by atoms with Crippen molar-refractivity contribution in [3.63, 3.8) is 0 Å². The Hall–Kier alpha value is -1.00. The van der Waals surface area contributed by atoms with E-state index in [9.17, 15) is 18.0 Å². The third-order valence-electron chi connectivity index (χ3n) is 3.57. The van der Waals surface area contributed by atoms with Crippen LogP contribution in [-0.4, -0.2) is 73.0 Å². The number of carbonyl (C=O) groups is 1. The van der Waals surface area contributed by atoms with Gasteiger partial charge < -0.3 is 10.0 Å². The second-order valence-electron chi connectivity index (χ2n) is 5.30. The van der Waals surface area contributed by atoms with E-state index in [4.69, 9.17) is 5.11 Å². The summed E-state index contributed by atoms with van der Waals surface area (Å²) >= 11 is 0. The van der Waals surface area contributed by atoms with Gasteiger partial charge in [-0.3, -0.25) is 4.90 Å². The summed E-state index contributed by atoms with van der Waals surface area (Å²) < 4.78 is 38.5. The molecule has 0 atom stereocenters. The fourth-order valence-electron chi connectivity index (χ4n) is 2.33. The van der Waals surface area contributed by atoms with Gasteiger partial charge in [0.1, 0.15) is 0 Å². The van der Waals surface area contributed by atoms with Crippen molar-refractivity contribution in [2.45, 2.75) is 12.7 Å². The SMILES string of the molecule is CN1CCN(Cc2cc(C(=O)O)cc(C(F)(F)F)c2)CC1.[LiH]. The number of nitrogens with zero attached hydrogens (tertiary/aromatic N) is 2. The van der Waals surface area contributed by atoms with E-state index < -0.39 is 17.7 Å². The summed E-state index contributed by atoms with van der Waals surface area (Å²) in [5.74, 6) is -1.35. The quantitative estimate of drug-likeness (QED) is 0.860. The predicted molar refractivity (Wildman–Crippen MR) is 78.3 cm³/mol. The molecule has 4 nitrogen and oxygen atoms in total. The number of rotatable bonds is 3. The summed E-state index contributed by atoms with van der Waals surface area (Å²) in [5, 5.41) is 8.95. The summed E-state index contributed by atoms with van der Waals surface area (Å²) in [6, 6.07) is 3.02. The van der Waals surface area contributed by atoms with Gasteiger partial charge >= 0.3 is 31.0 Å². The van der Waals surface area contributed by atoms with Gasteiger partial charge in [-0.05, 0) is 30.8 Å². The molecule has 0 radical (unpaired) electrons. The van der Waals surface area contributed by atoms with E-state index in [1.54, 1.807) is 0 Å². The Balaban J connectivity index is 0.00000242. The number of carboxylic acids is 1. The van der Waals surface area contributed by atoms with E-state index in [2.05, 4.69) is 4.90 Å². The average molecular weight is 310 g/mol.